The van der Waals surface area contributed by atoms with E-state index >= 15 is 0 Å². The first-order valence-corrected chi connectivity index (χ1v) is 10.1. The molecule has 1 fully saturated rings. The Morgan fingerprint density at radius 1 is 1.29 bits per heavy atom. The number of hydrogen-bond acceptors (Lipinski definition) is 6. The second kappa shape index (κ2) is 7.92. The van der Waals surface area contributed by atoms with Crippen LogP contribution in [0.4, 0.5) is 13.6 Å². The Bertz CT molecular complexity index is 804. The number of piperidine rings is 1. The number of aliphatic hydroxyl groups excluding tert-OH is 1. The van der Waals surface area contributed by atoms with Gasteiger partial charge in [-0.2, -0.15) is 8.42 Å². The quantitative estimate of drug-likeness (QED) is 0.751. The number of ether oxygens (including phenoxy) is 1. The van der Waals surface area contributed by atoms with Crippen LogP contribution < -0.4 is 0 Å². The third kappa shape index (κ3) is 5.62. The molecule has 7 nitrogen and oxygen atoms in total. The van der Waals surface area contributed by atoms with E-state index in [-0.39, 0.29) is 11.4 Å². The number of rotatable bonds is 4. The van der Waals surface area contributed by atoms with Crippen LogP contribution >= 0.6 is 0 Å². The number of amides is 1. The molecule has 0 spiro atoms. The van der Waals surface area contributed by atoms with Crippen molar-refractivity contribution >= 4 is 16.2 Å². The van der Waals surface area contributed by atoms with Crippen molar-refractivity contribution in [2.24, 2.45) is 5.92 Å². The Balaban J connectivity index is 2.12. The number of carbonyl (C=O) groups excluding carboxylic acids is 1. The molecule has 1 aliphatic heterocycles. The Morgan fingerprint density at radius 3 is 2.39 bits per heavy atom. The summed E-state index contributed by atoms with van der Waals surface area (Å²) in [6.45, 7) is 4.51. The summed E-state index contributed by atoms with van der Waals surface area (Å²) < 4.78 is 62.9. The number of alkyl halides is 2. The van der Waals surface area contributed by atoms with Crippen LogP contribution in [0.15, 0.2) is 29.2 Å². The number of hydrogen-bond donors (Lipinski definition) is 1. The van der Waals surface area contributed by atoms with Crippen LogP contribution in [0.5, 0.6) is 0 Å². The van der Waals surface area contributed by atoms with E-state index in [2.05, 4.69) is 0 Å². The molecular weight excluding hydrogens is 396 g/mol. The smallest absolute Gasteiger partial charge is 0.410 e. The molecule has 1 aromatic rings. The standard InChI is InChI=1S/C18H25F2NO6S/c1-12-5-7-14(8-6-12)28(24,25)26-10-13-9-21(11-18(19,20)15(13)22)16(23)27-17(2,3)4/h5-8,13,15,22H,9-11H2,1-4H3. The van der Waals surface area contributed by atoms with Gasteiger partial charge >= 0.3 is 6.09 Å². The minimum atomic E-state index is -4.19. The molecule has 1 N–H and O–H groups in total. The van der Waals surface area contributed by atoms with Gasteiger partial charge in [0.15, 0.2) is 0 Å². The summed E-state index contributed by atoms with van der Waals surface area (Å²) in [5.74, 6) is -4.94. The normalized spacial score (nSPS) is 22.8. The largest absolute Gasteiger partial charge is 0.444 e. The molecule has 0 aliphatic carbocycles. The molecule has 0 bridgehead atoms. The number of aliphatic hydroxyl groups is 1. The molecule has 0 aromatic heterocycles. The highest BCUT2D eigenvalue weighted by molar-refractivity contribution is 7.86. The lowest BCUT2D eigenvalue weighted by Crippen LogP contribution is -2.59. The van der Waals surface area contributed by atoms with Gasteiger partial charge in [0, 0.05) is 12.5 Å². The first-order valence-electron chi connectivity index (χ1n) is 8.71. The fourth-order valence-corrected chi connectivity index (χ4v) is 3.66. The predicted octanol–water partition coefficient (Wildman–Crippen LogP) is 2.56. The molecular formula is C18H25F2NO6S. The first-order chi connectivity index (χ1) is 12.7. The SMILES string of the molecule is Cc1ccc(S(=O)(=O)OCC2CN(C(=O)OC(C)(C)C)CC(F)(F)C2O)cc1. The van der Waals surface area contributed by atoms with Crippen molar-refractivity contribution in [1.29, 1.82) is 0 Å². The average molecular weight is 421 g/mol. The molecule has 2 unspecified atom stereocenters. The zero-order chi connectivity index (χ0) is 21.3. The van der Waals surface area contributed by atoms with Gasteiger partial charge in [0.05, 0.1) is 18.0 Å². The zero-order valence-corrected chi connectivity index (χ0v) is 17.0. The lowest BCUT2D eigenvalue weighted by Gasteiger charge is -2.41. The highest BCUT2D eigenvalue weighted by atomic mass is 32.2. The number of benzene rings is 1. The number of carbonyl (C=O) groups is 1. The molecule has 1 aromatic carbocycles. The number of nitrogens with zero attached hydrogens (tertiary/aromatic N) is 1. The predicted molar refractivity (Wildman–Crippen MR) is 96.6 cm³/mol. The minimum absolute atomic E-state index is 0.126. The van der Waals surface area contributed by atoms with Gasteiger partial charge in [-0.1, -0.05) is 17.7 Å². The van der Waals surface area contributed by atoms with E-state index in [4.69, 9.17) is 8.92 Å². The van der Waals surface area contributed by atoms with E-state index in [9.17, 15) is 27.1 Å². The number of halogens is 2. The van der Waals surface area contributed by atoms with Gasteiger partial charge < -0.3 is 14.7 Å². The first kappa shape index (κ1) is 22.5. The molecule has 10 heteroatoms. The summed E-state index contributed by atoms with van der Waals surface area (Å²) in [6.07, 6.45) is -3.12. The maximum atomic E-state index is 14.2. The molecule has 0 radical (unpaired) electrons. The molecule has 28 heavy (non-hydrogen) atoms. The van der Waals surface area contributed by atoms with E-state index in [1.807, 2.05) is 0 Å². The third-order valence-corrected chi connectivity index (χ3v) is 5.43. The third-order valence-electron chi connectivity index (χ3n) is 4.13. The van der Waals surface area contributed by atoms with Crippen LogP contribution in [0.1, 0.15) is 26.3 Å². The molecule has 1 amide bonds. The summed E-state index contributed by atoms with van der Waals surface area (Å²) in [5, 5.41) is 9.93. The Hall–Kier alpha value is -1.78. The second-order valence-electron chi connectivity index (χ2n) is 7.88. The molecule has 1 saturated heterocycles. The van der Waals surface area contributed by atoms with Crippen molar-refractivity contribution in [1.82, 2.24) is 4.90 Å². The summed E-state index contributed by atoms with van der Waals surface area (Å²) in [6, 6.07) is 5.82. The Labute approximate surface area is 163 Å². The van der Waals surface area contributed by atoms with Crippen LogP contribution in [-0.4, -0.2) is 61.8 Å². The van der Waals surface area contributed by atoms with Crippen molar-refractivity contribution in [3.8, 4) is 0 Å². The summed E-state index contributed by atoms with van der Waals surface area (Å²) >= 11 is 0. The molecule has 1 heterocycles. The lowest BCUT2D eigenvalue weighted by molar-refractivity contribution is -0.175. The Kier molecular flexibility index (Phi) is 6.37. The molecule has 158 valence electrons. The number of likely N-dealkylation sites (tertiary alicyclic amines) is 1. The number of aryl methyl sites for hydroxylation is 1. The van der Waals surface area contributed by atoms with Crippen LogP contribution in [0.25, 0.3) is 0 Å². The minimum Gasteiger partial charge on any atom is -0.444 e. The van der Waals surface area contributed by atoms with Crippen molar-refractivity contribution in [2.45, 2.75) is 50.2 Å². The van der Waals surface area contributed by atoms with Gasteiger partial charge in [0.25, 0.3) is 16.0 Å². The lowest BCUT2D eigenvalue weighted by atomic mass is 9.93. The second-order valence-corrected chi connectivity index (χ2v) is 9.49. The molecule has 2 rings (SSSR count). The van der Waals surface area contributed by atoms with E-state index < -0.39 is 52.9 Å². The average Bonchev–Trinajstić information content (AvgIpc) is 2.54. The highest BCUT2D eigenvalue weighted by Crippen LogP contribution is 2.32. The fraction of sp³-hybridized carbons (Fsp3) is 0.611. The Morgan fingerprint density at radius 2 is 1.86 bits per heavy atom. The summed E-state index contributed by atoms with van der Waals surface area (Å²) in [4.78, 5) is 12.8. The summed E-state index contributed by atoms with van der Waals surface area (Å²) in [7, 11) is -4.19. The molecule has 0 saturated carbocycles. The molecule has 1 aliphatic rings. The fourth-order valence-electron chi connectivity index (χ4n) is 2.70. The van der Waals surface area contributed by atoms with Gasteiger partial charge in [-0.25, -0.2) is 13.6 Å². The van der Waals surface area contributed by atoms with Crippen molar-refractivity contribution in [3.63, 3.8) is 0 Å². The van der Waals surface area contributed by atoms with Gasteiger partial charge in [0.1, 0.15) is 11.7 Å². The van der Waals surface area contributed by atoms with Crippen molar-refractivity contribution < 1.29 is 36.0 Å². The van der Waals surface area contributed by atoms with Gasteiger partial charge in [-0.05, 0) is 39.8 Å². The maximum absolute atomic E-state index is 14.2. The topological polar surface area (TPSA) is 93.1 Å². The molecule has 2 atom stereocenters. The van der Waals surface area contributed by atoms with Crippen molar-refractivity contribution in [2.75, 3.05) is 19.7 Å². The van der Waals surface area contributed by atoms with Crippen LogP contribution in [0, 0.1) is 12.8 Å². The monoisotopic (exact) mass is 421 g/mol. The van der Waals surface area contributed by atoms with E-state index in [1.54, 1.807) is 39.8 Å². The van der Waals surface area contributed by atoms with Gasteiger partial charge in [-0.3, -0.25) is 4.18 Å². The zero-order valence-electron chi connectivity index (χ0n) is 16.2. The van der Waals surface area contributed by atoms with E-state index in [0.717, 1.165) is 10.5 Å². The van der Waals surface area contributed by atoms with Crippen molar-refractivity contribution in [3.05, 3.63) is 29.8 Å². The highest BCUT2D eigenvalue weighted by Gasteiger charge is 2.51. The van der Waals surface area contributed by atoms with E-state index in [1.165, 1.54) is 12.1 Å². The maximum Gasteiger partial charge on any atom is 0.410 e. The summed E-state index contributed by atoms with van der Waals surface area (Å²) in [5.41, 5.74) is -0.0438. The van der Waals surface area contributed by atoms with Gasteiger partial charge in [-0.15, -0.1) is 0 Å². The van der Waals surface area contributed by atoms with Crippen LogP contribution in [0.3, 0.4) is 0 Å². The van der Waals surface area contributed by atoms with E-state index in [0.29, 0.717) is 0 Å². The van der Waals surface area contributed by atoms with Crippen LogP contribution in [-0.2, 0) is 19.0 Å². The van der Waals surface area contributed by atoms with Crippen LogP contribution in [0.2, 0.25) is 0 Å². The van der Waals surface area contributed by atoms with Gasteiger partial charge in [0.2, 0.25) is 0 Å².